The molecule has 0 aliphatic carbocycles. The first-order valence-electron chi connectivity index (χ1n) is 5.03. The maximum atomic E-state index is 11.9. The van der Waals surface area contributed by atoms with Gasteiger partial charge in [0.15, 0.2) is 5.78 Å². The van der Waals surface area contributed by atoms with Crippen molar-refractivity contribution in [1.29, 1.82) is 0 Å². The van der Waals surface area contributed by atoms with Crippen molar-refractivity contribution in [3.8, 4) is 0 Å². The lowest BCUT2D eigenvalue weighted by atomic mass is 9.80. The van der Waals surface area contributed by atoms with Crippen LogP contribution in [0.4, 0.5) is 0 Å². The van der Waals surface area contributed by atoms with Gasteiger partial charge in [-0.25, -0.2) is 0 Å². The highest BCUT2D eigenvalue weighted by Crippen LogP contribution is 2.29. The summed E-state index contributed by atoms with van der Waals surface area (Å²) in [6.07, 6.45) is 0.468. The van der Waals surface area contributed by atoms with Gasteiger partial charge in [-0.2, -0.15) is 4.99 Å². The van der Waals surface area contributed by atoms with Crippen molar-refractivity contribution in [2.45, 2.75) is 20.3 Å². The van der Waals surface area contributed by atoms with Gasteiger partial charge in [0, 0.05) is 0 Å². The lowest BCUT2D eigenvalue weighted by Crippen LogP contribution is -2.52. The van der Waals surface area contributed by atoms with Crippen molar-refractivity contribution < 1.29 is 14.4 Å². The van der Waals surface area contributed by atoms with Gasteiger partial charge in [0.1, 0.15) is 5.84 Å². The molecule has 0 aromatic rings. The number of carbonyl (C=O) groups is 3. The number of amidine groups is 1. The SMILES string of the molecule is CCC1C(=O)NC2=NC(=O)C(C)C2C1=O. The van der Waals surface area contributed by atoms with Gasteiger partial charge < -0.3 is 5.32 Å². The highest BCUT2D eigenvalue weighted by atomic mass is 16.2. The Balaban J connectivity index is 2.36. The molecule has 0 radical (unpaired) electrons. The Morgan fingerprint density at radius 3 is 2.60 bits per heavy atom. The number of nitrogens with zero attached hydrogens (tertiary/aromatic N) is 1. The molecule has 80 valence electrons. The van der Waals surface area contributed by atoms with Gasteiger partial charge in [-0.05, 0) is 6.42 Å². The zero-order valence-electron chi connectivity index (χ0n) is 8.61. The molecular formula is C10H12N2O3. The number of aliphatic imine (C=N–C) groups is 1. The molecule has 0 aromatic heterocycles. The van der Waals surface area contributed by atoms with Gasteiger partial charge >= 0.3 is 0 Å². The zero-order valence-corrected chi connectivity index (χ0v) is 8.61. The smallest absolute Gasteiger partial charge is 0.251 e. The molecule has 2 rings (SSSR count). The second kappa shape index (κ2) is 3.25. The van der Waals surface area contributed by atoms with E-state index >= 15 is 0 Å². The van der Waals surface area contributed by atoms with Crippen LogP contribution in [0.5, 0.6) is 0 Å². The van der Waals surface area contributed by atoms with E-state index in [0.29, 0.717) is 6.42 Å². The Kier molecular flexibility index (Phi) is 2.17. The Morgan fingerprint density at radius 2 is 2.00 bits per heavy atom. The predicted molar refractivity (Wildman–Crippen MR) is 52.0 cm³/mol. The van der Waals surface area contributed by atoms with Crippen molar-refractivity contribution in [2.24, 2.45) is 22.7 Å². The molecule has 2 aliphatic rings. The molecule has 1 N–H and O–H groups in total. The van der Waals surface area contributed by atoms with E-state index in [2.05, 4.69) is 10.3 Å². The molecule has 15 heavy (non-hydrogen) atoms. The topological polar surface area (TPSA) is 75.6 Å². The van der Waals surface area contributed by atoms with Crippen LogP contribution in [-0.4, -0.2) is 23.4 Å². The summed E-state index contributed by atoms with van der Waals surface area (Å²) < 4.78 is 0. The van der Waals surface area contributed by atoms with Gasteiger partial charge in [-0.3, -0.25) is 14.4 Å². The molecule has 1 saturated heterocycles. The van der Waals surface area contributed by atoms with Crippen molar-refractivity contribution in [2.75, 3.05) is 0 Å². The molecule has 0 spiro atoms. The van der Waals surface area contributed by atoms with E-state index in [1.807, 2.05) is 0 Å². The molecule has 2 aliphatic heterocycles. The first kappa shape index (κ1) is 10.0. The number of hydrogen-bond acceptors (Lipinski definition) is 3. The Morgan fingerprint density at radius 1 is 1.33 bits per heavy atom. The van der Waals surface area contributed by atoms with Crippen LogP contribution in [0.15, 0.2) is 4.99 Å². The normalized spacial score (nSPS) is 34.9. The number of ketones is 1. The summed E-state index contributed by atoms with van der Waals surface area (Å²) in [6, 6.07) is 0. The van der Waals surface area contributed by atoms with E-state index in [9.17, 15) is 14.4 Å². The summed E-state index contributed by atoms with van der Waals surface area (Å²) in [5, 5.41) is 2.54. The average molecular weight is 208 g/mol. The molecule has 5 nitrogen and oxygen atoms in total. The molecule has 0 saturated carbocycles. The van der Waals surface area contributed by atoms with Crippen LogP contribution < -0.4 is 5.32 Å². The third-order valence-corrected chi connectivity index (χ3v) is 3.04. The summed E-state index contributed by atoms with van der Waals surface area (Å²) in [4.78, 5) is 38.4. The fourth-order valence-electron chi connectivity index (χ4n) is 2.10. The average Bonchev–Trinajstić information content (AvgIpc) is 2.43. The molecule has 3 atom stereocenters. The number of amides is 2. The lowest BCUT2D eigenvalue weighted by Gasteiger charge is -2.26. The maximum Gasteiger partial charge on any atom is 0.251 e. The third-order valence-electron chi connectivity index (χ3n) is 3.04. The Hall–Kier alpha value is -1.52. The number of hydrogen-bond donors (Lipinski definition) is 1. The van der Waals surface area contributed by atoms with E-state index in [-0.39, 0.29) is 23.4 Å². The van der Waals surface area contributed by atoms with Crippen LogP contribution in [0.2, 0.25) is 0 Å². The largest absolute Gasteiger partial charge is 0.313 e. The summed E-state index contributed by atoms with van der Waals surface area (Å²) in [5.41, 5.74) is 0. The lowest BCUT2D eigenvalue weighted by molar-refractivity contribution is -0.138. The van der Waals surface area contributed by atoms with E-state index < -0.39 is 17.8 Å². The van der Waals surface area contributed by atoms with Crippen LogP contribution in [0.1, 0.15) is 20.3 Å². The summed E-state index contributed by atoms with van der Waals surface area (Å²) in [7, 11) is 0. The van der Waals surface area contributed by atoms with Crippen molar-refractivity contribution in [3.05, 3.63) is 0 Å². The van der Waals surface area contributed by atoms with E-state index in [1.165, 1.54) is 0 Å². The van der Waals surface area contributed by atoms with Crippen molar-refractivity contribution >= 4 is 23.4 Å². The van der Waals surface area contributed by atoms with Crippen molar-refractivity contribution in [3.63, 3.8) is 0 Å². The van der Waals surface area contributed by atoms with Gasteiger partial charge in [0.05, 0.1) is 17.8 Å². The van der Waals surface area contributed by atoms with Gasteiger partial charge in [0.25, 0.3) is 5.91 Å². The number of piperidine rings is 1. The van der Waals surface area contributed by atoms with Crippen molar-refractivity contribution in [1.82, 2.24) is 5.32 Å². The minimum Gasteiger partial charge on any atom is -0.313 e. The van der Waals surface area contributed by atoms with E-state index in [1.54, 1.807) is 13.8 Å². The molecule has 3 unspecified atom stereocenters. The van der Waals surface area contributed by atoms with Crippen LogP contribution in [0.3, 0.4) is 0 Å². The summed E-state index contributed by atoms with van der Waals surface area (Å²) in [5.74, 6) is -2.16. The quantitative estimate of drug-likeness (QED) is 0.611. The number of nitrogens with one attached hydrogen (secondary N) is 1. The number of carbonyl (C=O) groups excluding carboxylic acids is 3. The van der Waals surface area contributed by atoms with Gasteiger partial charge in [0.2, 0.25) is 5.91 Å². The predicted octanol–water partition coefficient (Wildman–Crippen LogP) is -0.0975. The number of fused-ring (bicyclic) bond motifs is 1. The minimum atomic E-state index is -0.623. The molecule has 2 heterocycles. The second-order valence-electron chi connectivity index (χ2n) is 3.95. The first-order valence-corrected chi connectivity index (χ1v) is 5.03. The summed E-state index contributed by atoms with van der Waals surface area (Å²) in [6.45, 7) is 3.46. The molecule has 0 bridgehead atoms. The highest BCUT2D eigenvalue weighted by molar-refractivity contribution is 6.26. The van der Waals surface area contributed by atoms with Gasteiger partial charge in [-0.15, -0.1) is 0 Å². The minimum absolute atomic E-state index is 0.168. The maximum absolute atomic E-state index is 11.9. The van der Waals surface area contributed by atoms with E-state index in [0.717, 1.165) is 0 Å². The molecule has 0 aromatic carbocycles. The molecule has 1 fully saturated rings. The molecular weight excluding hydrogens is 196 g/mol. The first-order chi connectivity index (χ1) is 7.06. The van der Waals surface area contributed by atoms with Crippen LogP contribution in [0.25, 0.3) is 0 Å². The second-order valence-corrected chi connectivity index (χ2v) is 3.95. The summed E-state index contributed by atoms with van der Waals surface area (Å²) >= 11 is 0. The molecule has 2 amide bonds. The number of Topliss-reactive ketones (excluding diaryl/α,β-unsaturated/α-hetero) is 1. The van der Waals surface area contributed by atoms with Crippen LogP contribution in [-0.2, 0) is 14.4 Å². The van der Waals surface area contributed by atoms with Crippen LogP contribution >= 0.6 is 0 Å². The zero-order chi connectivity index (χ0) is 11.2. The number of rotatable bonds is 1. The van der Waals surface area contributed by atoms with Gasteiger partial charge in [-0.1, -0.05) is 13.8 Å². The Labute approximate surface area is 86.9 Å². The monoisotopic (exact) mass is 208 g/mol. The molecule has 5 heteroatoms. The third kappa shape index (κ3) is 1.30. The Bertz CT molecular complexity index is 386. The standard InChI is InChI=1S/C10H12N2O3/c1-3-5-7(13)6-4(2)9(14)11-8(6)12-10(5)15/h4-6H,3H2,1-2H3,(H,11,12,14,15). The fraction of sp³-hybridized carbons (Fsp3) is 0.600. The van der Waals surface area contributed by atoms with Crippen LogP contribution in [0, 0.1) is 17.8 Å². The fourth-order valence-corrected chi connectivity index (χ4v) is 2.10. The highest BCUT2D eigenvalue weighted by Gasteiger charge is 2.48. The van der Waals surface area contributed by atoms with E-state index in [4.69, 9.17) is 0 Å².